The number of carbonyl (C=O) groups excluding carboxylic acids is 2. The van der Waals surface area contributed by atoms with E-state index in [1.54, 1.807) is 0 Å². The third kappa shape index (κ3) is 5.53. The van der Waals surface area contributed by atoms with Crippen molar-refractivity contribution < 1.29 is 14.3 Å². The van der Waals surface area contributed by atoms with Crippen LogP contribution in [-0.2, 0) is 20.7 Å². The predicted octanol–water partition coefficient (Wildman–Crippen LogP) is 0.975. The molecule has 0 radical (unpaired) electrons. The third-order valence-electron chi connectivity index (χ3n) is 3.87. The van der Waals surface area contributed by atoms with E-state index < -0.39 is 5.92 Å². The Labute approximate surface area is 146 Å². The van der Waals surface area contributed by atoms with E-state index in [1.807, 2.05) is 18.2 Å². The van der Waals surface area contributed by atoms with Crippen molar-refractivity contribution in [2.45, 2.75) is 25.7 Å². The molecule has 1 atom stereocenters. The summed E-state index contributed by atoms with van der Waals surface area (Å²) in [6.07, 6.45) is 2.08. The van der Waals surface area contributed by atoms with Gasteiger partial charge in [0.25, 0.3) is 0 Å². The Morgan fingerprint density at radius 1 is 1.52 bits per heavy atom. The van der Waals surface area contributed by atoms with Gasteiger partial charge in [-0.05, 0) is 30.5 Å². The van der Waals surface area contributed by atoms with Crippen LogP contribution in [0.1, 0.15) is 30.4 Å². The van der Waals surface area contributed by atoms with Crippen LogP contribution in [0, 0.1) is 23.2 Å². The highest BCUT2D eigenvalue weighted by atomic mass is 16.5. The first-order chi connectivity index (χ1) is 12.0. The molecule has 0 aromatic heterocycles. The molecule has 2 rings (SSSR count). The van der Waals surface area contributed by atoms with E-state index in [2.05, 4.69) is 27.2 Å². The molecule has 5 N–H and O–H groups in total. The van der Waals surface area contributed by atoms with Gasteiger partial charge in [0.05, 0.1) is 19.4 Å². The maximum absolute atomic E-state index is 12.1. The monoisotopic (exact) mass is 342 g/mol. The second-order valence-corrected chi connectivity index (χ2v) is 5.79. The molecule has 1 aromatic rings. The van der Waals surface area contributed by atoms with Crippen molar-refractivity contribution in [1.29, 1.82) is 5.41 Å². The average Bonchev–Trinajstić information content (AvgIpc) is 2.58. The fourth-order valence-corrected chi connectivity index (χ4v) is 2.56. The topological polar surface area (TPSA) is 117 Å². The Hall–Kier alpha value is -3.01. The number of hydrogen-bond acceptors (Lipinski definition) is 4. The minimum Gasteiger partial charge on any atom is -0.469 e. The number of esters is 1. The average molecular weight is 342 g/mol. The first kappa shape index (κ1) is 18.3. The summed E-state index contributed by atoms with van der Waals surface area (Å²) in [7, 11) is 1.32. The summed E-state index contributed by atoms with van der Waals surface area (Å²) >= 11 is 0. The van der Waals surface area contributed by atoms with Crippen LogP contribution in [-0.4, -0.2) is 31.5 Å². The number of rotatable bonds is 5. The Morgan fingerprint density at radius 2 is 2.32 bits per heavy atom. The second-order valence-electron chi connectivity index (χ2n) is 5.79. The zero-order valence-electron chi connectivity index (χ0n) is 14.1. The van der Waals surface area contributed by atoms with Gasteiger partial charge in [-0.15, -0.1) is 0 Å². The van der Waals surface area contributed by atoms with Crippen molar-refractivity contribution in [3.63, 3.8) is 0 Å². The molecule has 132 valence electrons. The molecule has 0 saturated carbocycles. The molecule has 1 aliphatic heterocycles. The number of guanidine groups is 1. The Kier molecular flexibility index (Phi) is 6.40. The summed E-state index contributed by atoms with van der Waals surface area (Å²) in [5, 5.41) is 12.6. The van der Waals surface area contributed by atoms with Crippen molar-refractivity contribution in [3.05, 3.63) is 29.3 Å². The summed E-state index contributed by atoms with van der Waals surface area (Å²) in [4.78, 5) is 23.5. The lowest BCUT2D eigenvalue weighted by molar-refractivity contribution is -0.143. The van der Waals surface area contributed by atoms with Crippen molar-refractivity contribution >= 4 is 23.5 Å². The van der Waals surface area contributed by atoms with E-state index in [4.69, 9.17) is 11.1 Å². The zero-order chi connectivity index (χ0) is 18.2. The molecule has 1 amide bonds. The minimum atomic E-state index is -0.398. The molecule has 1 aliphatic rings. The smallest absolute Gasteiger partial charge is 0.306 e. The molecule has 1 unspecified atom stereocenters. The van der Waals surface area contributed by atoms with Gasteiger partial charge >= 0.3 is 5.97 Å². The highest BCUT2D eigenvalue weighted by Gasteiger charge is 2.28. The lowest BCUT2D eigenvalue weighted by atomic mass is 9.90. The SMILES string of the molecule is COC(=O)CC1Cc2ccc(C#CCCCNC(=N)N)cc2NC1=O. The first-order valence-corrected chi connectivity index (χ1v) is 8.07. The standard InChI is InChI=1S/C18H22N4O3/c1-25-16(23)11-14-10-13-7-6-12(9-15(13)22-17(14)24)5-3-2-4-8-21-18(19)20/h6-7,9,14H,2,4,8,10-11H2,1H3,(H,22,24)(H4,19,20,21). The Morgan fingerprint density at radius 3 is 3.04 bits per heavy atom. The summed E-state index contributed by atoms with van der Waals surface area (Å²) in [6, 6.07) is 5.69. The molecule has 25 heavy (non-hydrogen) atoms. The van der Waals surface area contributed by atoms with E-state index in [1.165, 1.54) is 7.11 Å². The van der Waals surface area contributed by atoms with Crippen LogP contribution >= 0.6 is 0 Å². The number of amides is 1. The van der Waals surface area contributed by atoms with Gasteiger partial charge in [0.15, 0.2) is 5.96 Å². The van der Waals surface area contributed by atoms with Gasteiger partial charge in [-0.1, -0.05) is 17.9 Å². The molecule has 0 fully saturated rings. The van der Waals surface area contributed by atoms with Gasteiger partial charge in [0, 0.05) is 24.2 Å². The van der Waals surface area contributed by atoms with Crippen molar-refractivity contribution in [1.82, 2.24) is 5.32 Å². The number of unbranched alkanes of at least 4 members (excludes halogenated alkanes) is 1. The number of methoxy groups -OCH3 is 1. The van der Waals surface area contributed by atoms with Gasteiger partial charge < -0.3 is 21.1 Å². The number of nitrogens with two attached hydrogens (primary N) is 1. The fourth-order valence-electron chi connectivity index (χ4n) is 2.56. The highest BCUT2D eigenvalue weighted by molar-refractivity contribution is 5.97. The maximum Gasteiger partial charge on any atom is 0.306 e. The van der Waals surface area contributed by atoms with E-state index in [0.717, 1.165) is 23.2 Å². The van der Waals surface area contributed by atoms with Crippen molar-refractivity contribution in [2.24, 2.45) is 11.7 Å². The molecular formula is C18H22N4O3. The quantitative estimate of drug-likeness (QED) is 0.209. The highest BCUT2D eigenvalue weighted by Crippen LogP contribution is 2.28. The van der Waals surface area contributed by atoms with Crippen LogP contribution in [0.25, 0.3) is 0 Å². The Balaban J connectivity index is 1.95. The number of ether oxygens (including phenoxy) is 1. The molecule has 7 nitrogen and oxygen atoms in total. The van der Waals surface area contributed by atoms with E-state index in [-0.39, 0.29) is 24.3 Å². The summed E-state index contributed by atoms with van der Waals surface area (Å²) in [6.45, 7) is 0.617. The van der Waals surface area contributed by atoms with Crippen LogP contribution in [0.2, 0.25) is 0 Å². The van der Waals surface area contributed by atoms with Gasteiger partial charge in [0.2, 0.25) is 5.91 Å². The molecule has 1 aromatic carbocycles. The lowest BCUT2D eigenvalue weighted by Crippen LogP contribution is -2.31. The fraction of sp³-hybridized carbons (Fsp3) is 0.389. The predicted molar refractivity (Wildman–Crippen MR) is 94.9 cm³/mol. The van der Waals surface area contributed by atoms with Crippen LogP contribution < -0.4 is 16.4 Å². The Bertz CT molecular complexity index is 734. The van der Waals surface area contributed by atoms with E-state index in [0.29, 0.717) is 19.4 Å². The van der Waals surface area contributed by atoms with E-state index >= 15 is 0 Å². The summed E-state index contributed by atoms with van der Waals surface area (Å²) < 4.78 is 4.63. The molecule has 1 heterocycles. The molecule has 0 bridgehead atoms. The normalized spacial score (nSPS) is 15.2. The number of benzene rings is 1. The number of nitrogens with one attached hydrogen (secondary N) is 3. The zero-order valence-corrected chi connectivity index (χ0v) is 14.1. The number of fused-ring (bicyclic) bond motifs is 1. The van der Waals surface area contributed by atoms with Crippen LogP contribution in [0.3, 0.4) is 0 Å². The summed E-state index contributed by atoms with van der Waals surface area (Å²) in [5.74, 6) is 5.14. The maximum atomic E-state index is 12.1. The van der Waals surface area contributed by atoms with E-state index in [9.17, 15) is 9.59 Å². The number of anilines is 1. The first-order valence-electron chi connectivity index (χ1n) is 8.07. The molecular weight excluding hydrogens is 320 g/mol. The number of hydrogen-bond donors (Lipinski definition) is 4. The molecule has 7 heteroatoms. The van der Waals surface area contributed by atoms with Gasteiger partial charge in [-0.2, -0.15) is 0 Å². The van der Waals surface area contributed by atoms with Crippen LogP contribution in [0.4, 0.5) is 5.69 Å². The molecule has 0 saturated heterocycles. The minimum absolute atomic E-state index is 0.0381. The van der Waals surface area contributed by atoms with Gasteiger partial charge in [-0.3, -0.25) is 15.0 Å². The molecule has 0 aliphatic carbocycles. The van der Waals surface area contributed by atoms with Crippen molar-refractivity contribution in [2.75, 3.05) is 19.0 Å². The third-order valence-corrected chi connectivity index (χ3v) is 3.87. The van der Waals surface area contributed by atoms with Crippen LogP contribution in [0.5, 0.6) is 0 Å². The number of carbonyl (C=O) groups is 2. The lowest BCUT2D eigenvalue weighted by Gasteiger charge is -2.24. The largest absolute Gasteiger partial charge is 0.469 e. The second kappa shape index (κ2) is 8.73. The van der Waals surface area contributed by atoms with Gasteiger partial charge in [0.1, 0.15) is 0 Å². The van der Waals surface area contributed by atoms with Crippen LogP contribution in [0.15, 0.2) is 18.2 Å². The van der Waals surface area contributed by atoms with Gasteiger partial charge in [-0.25, -0.2) is 0 Å². The van der Waals surface area contributed by atoms with Crippen molar-refractivity contribution in [3.8, 4) is 11.8 Å². The summed E-state index contributed by atoms with van der Waals surface area (Å²) in [5.41, 5.74) is 7.76. The molecule has 0 spiro atoms.